The van der Waals surface area contributed by atoms with Gasteiger partial charge in [-0.2, -0.15) is 0 Å². The second-order valence-electron chi connectivity index (χ2n) is 6.28. The van der Waals surface area contributed by atoms with Crippen molar-refractivity contribution < 1.29 is 9.84 Å². The van der Waals surface area contributed by atoms with Gasteiger partial charge in [-0.3, -0.25) is 0 Å². The minimum Gasteiger partial charge on any atom is -0.394 e. The number of aliphatic hydroxyl groups is 1. The van der Waals surface area contributed by atoms with E-state index in [9.17, 15) is 5.11 Å². The molecule has 0 heterocycles. The van der Waals surface area contributed by atoms with Crippen molar-refractivity contribution in [2.45, 2.75) is 64.0 Å². The molecule has 17 heavy (non-hydrogen) atoms. The van der Waals surface area contributed by atoms with Gasteiger partial charge in [0.1, 0.15) is 0 Å². The van der Waals surface area contributed by atoms with E-state index in [-0.39, 0.29) is 17.7 Å². The summed E-state index contributed by atoms with van der Waals surface area (Å²) in [7, 11) is 1.75. The van der Waals surface area contributed by atoms with Gasteiger partial charge in [0.05, 0.1) is 12.2 Å². The van der Waals surface area contributed by atoms with Crippen LogP contribution in [0.5, 0.6) is 0 Å². The van der Waals surface area contributed by atoms with Crippen molar-refractivity contribution in [1.29, 1.82) is 0 Å². The van der Waals surface area contributed by atoms with Crippen LogP contribution in [0.2, 0.25) is 0 Å². The number of methoxy groups -OCH3 is 1. The van der Waals surface area contributed by atoms with Crippen molar-refractivity contribution in [3.63, 3.8) is 0 Å². The van der Waals surface area contributed by atoms with Crippen molar-refractivity contribution in [2.24, 2.45) is 5.92 Å². The first-order valence-corrected chi connectivity index (χ1v) is 6.84. The summed E-state index contributed by atoms with van der Waals surface area (Å²) in [5.41, 5.74) is -0.120. The molecule has 0 aromatic rings. The summed E-state index contributed by atoms with van der Waals surface area (Å²) in [6, 6.07) is 0. The summed E-state index contributed by atoms with van der Waals surface area (Å²) in [5, 5.41) is 13.2. The normalized spacial score (nSPS) is 30.5. The Bertz CT molecular complexity index is 230. The standard InChI is InChI=1S/C14H29NO2/c1-12-6-5-7-14(10-12,11-16)15-9-8-13(2,3)17-4/h12,15-16H,5-11H2,1-4H3. The molecule has 0 aliphatic heterocycles. The molecule has 2 N–H and O–H groups in total. The molecule has 0 amide bonds. The van der Waals surface area contributed by atoms with Gasteiger partial charge in [-0.15, -0.1) is 0 Å². The van der Waals surface area contributed by atoms with Crippen LogP contribution in [-0.2, 0) is 4.74 Å². The lowest BCUT2D eigenvalue weighted by atomic mass is 9.76. The van der Waals surface area contributed by atoms with Gasteiger partial charge in [0.25, 0.3) is 0 Å². The zero-order chi connectivity index (χ0) is 12.9. The highest BCUT2D eigenvalue weighted by Gasteiger charge is 2.34. The first-order valence-electron chi connectivity index (χ1n) is 6.84. The molecule has 1 aliphatic rings. The van der Waals surface area contributed by atoms with E-state index in [0.717, 1.165) is 31.7 Å². The molecule has 1 rings (SSSR count). The summed E-state index contributed by atoms with van der Waals surface area (Å²) in [4.78, 5) is 0. The van der Waals surface area contributed by atoms with E-state index in [0.29, 0.717) is 0 Å². The van der Waals surface area contributed by atoms with Gasteiger partial charge >= 0.3 is 0 Å². The smallest absolute Gasteiger partial charge is 0.0634 e. The highest BCUT2D eigenvalue weighted by atomic mass is 16.5. The van der Waals surface area contributed by atoms with E-state index in [1.807, 2.05) is 0 Å². The molecule has 0 spiro atoms. The Morgan fingerprint density at radius 2 is 2.18 bits per heavy atom. The van der Waals surface area contributed by atoms with Crippen LogP contribution in [0.3, 0.4) is 0 Å². The number of ether oxygens (including phenoxy) is 1. The predicted octanol–water partition coefficient (Wildman–Crippen LogP) is 2.33. The minimum atomic E-state index is -0.0794. The molecule has 0 radical (unpaired) electrons. The van der Waals surface area contributed by atoms with Crippen LogP contribution in [0.1, 0.15) is 52.9 Å². The first-order chi connectivity index (χ1) is 7.93. The Morgan fingerprint density at radius 3 is 2.71 bits per heavy atom. The molecule has 1 aliphatic carbocycles. The lowest BCUT2D eigenvalue weighted by Gasteiger charge is -2.40. The molecule has 0 aromatic heterocycles. The van der Waals surface area contributed by atoms with Crippen LogP contribution >= 0.6 is 0 Å². The topological polar surface area (TPSA) is 41.5 Å². The molecule has 2 atom stereocenters. The van der Waals surface area contributed by atoms with E-state index in [1.54, 1.807) is 7.11 Å². The molecule has 1 fully saturated rings. The van der Waals surface area contributed by atoms with Gasteiger partial charge in [0.2, 0.25) is 0 Å². The van der Waals surface area contributed by atoms with Crippen molar-refractivity contribution >= 4 is 0 Å². The van der Waals surface area contributed by atoms with Gasteiger partial charge in [-0.25, -0.2) is 0 Å². The second-order valence-corrected chi connectivity index (χ2v) is 6.28. The first kappa shape index (κ1) is 14.9. The second kappa shape index (κ2) is 6.17. The zero-order valence-corrected chi connectivity index (χ0v) is 11.9. The molecule has 0 saturated heterocycles. The van der Waals surface area contributed by atoms with E-state index >= 15 is 0 Å². The largest absolute Gasteiger partial charge is 0.394 e. The van der Waals surface area contributed by atoms with Crippen LogP contribution in [0.4, 0.5) is 0 Å². The highest BCUT2D eigenvalue weighted by Crippen LogP contribution is 2.32. The third-order valence-electron chi connectivity index (χ3n) is 4.17. The number of aliphatic hydroxyl groups excluding tert-OH is 1. The van der Waals surface area contributed by atoms with Crippen LogP contribution in [0, 0.1) is 5.92 Å². The van der Waals surface area contributed by atoms with Crippen molar-refractivity contribution in [3.8, 4) is 0 Å². The minimum absolute atomic E-state index is 0.0402. The van der Waals surface area contributed by atoms with Gasteiger partial charge < -0.3 is 15.2 Å². The number of nitrogens with one attached hydrogen (secondary N) is 1. The molecule has 0 aromatic carbocycles. The van der Waals surface area contributed by atoms with Crippen LogP contribution in [0.15, 0.2) is 0 Å². The molecule has 3 heteroatoms. The van der Waals surface area contributed by atoms with Crippen molar-refractivity contribution in [2.75, 3.05) is 20.3 Å². The molecule has 102 valence electrons. The van der Waals surface area contributed by atoms with Gasteiger partial charge in [-0.1, -0.05) is 19.8 Å². The summed E-state index contributed by atoms with van der Waals surface area (Å²) in [6.45, 7) is 7.65. The van der Waals surface area contributed by atoms with Gasteiger partial charge in [-0.05, 0) is 45.6 Å². The van der Waals surface area contributed by atoms with Gasteiger partial charge in [0, 0.05) is 12.6 Å². The third-order valence-corrected chi connectivity index (χ3v) is 4.17. The van der Waals surface area contributed by atoms with E-state index < -0.39 is 0 Å². The Morgan fingerprint density at radius 1 is 1.47 bits per heavy atom. The fourth-order valence-electron chi connectivity index (χ4n) is 2.75. The zero-order valence-electron chi connectivity index (χ0n) is 11.9. The van der Waals surface area contributed by atoms with Crippen LogP contribution in [0.25, 0.3) is 0 Å². The van der Waals surface area contributed by atoms with E-state index in [2.05, 4.69) is 26.1 Å². The Kier molecular flexibility index (Phi) is 5.42. The summed E-state index contributed by atoms with van der Waals surface area (Å²) in [6.07, 6.45) is 5.69. The van der Waals surface area contributed by atoms with Crippen molar-refractivity contribution in [3.05, 3.63) is 0 Å². The quantitative estimate of drug-likeness (QED) is 0.752. The number of rotatable bonds is 6. The fraction of sp³-hybridized carbons (Fsp3) is 1.00. The number of hydrogen-bond donors (Lipinski definition) is 2. The average Bonchev–Trinajstić information content (AvgIpc) is 2.29. The molecular formula is C14H29NO2. The molecule has 2 unspecified atom stereocenters. The lowest BCUT2D eigenvalue weighted by Crippen LogP contribution is -2.52. The predicted molar refractivity (Wildman–Crippen MR) is 71.2 cm³/mol. The average molecular weight is 243 g/mol. The monoisotopic (exact) mass is 243 g/mol. The summed E-state index contributed by atoms with van der Waals surface area (Å²) < 4.78 is 5.41. The molecule has 3 nitrogen and oxygen atoms in total. The summed E-state index contributed by atoms with van der Waals surface area (Å²) >= 11 is 0. The third kappa shape index (κ3) is 4.57. The van der Waals surface area contributed by atoms with Crippen molar-refractivity contribution in [1.82, 2.24) is 5.32 Å². The van der Waals surface area contributed by atoms with E-state index in [1.165, 1.54) is 12.8 Å². The Labute approximate surface area is 106 Å². The Balaban J connectivity index is 2.41. The maximum Gasteiger partial charge on any atom is 0.0634 e. The molecule has 0 bridgehead atoms. The van der Waals surface area contributed by atoms with Crippen LogP contribution in [-0.4, -0.2) is 36.5 Å². The fourth-order valence-corrected chi connectivity index (χ4v) is 2.75. The molecule has 1 saturated carbocycles. The molecular weight excluding hydrogens is 214 g/mol. The SMILES string of the molecule is COC(C)(C)CCNC1(CO)CCCC(C)C1. The van der Waals surface area contributed by atoms with E-state index in [4.69, 9.17) is 4.74 Å². The lowest BCUT2D eigenvalue weighted by molar-refractivity contribution is 0.0107. The maximum absolute atomic E-state index is 9.65. The number of hydrogen-bond acceptors (Lipinski definition) is 3. The van der Waals surface area contributed by atoms with Gasteiger partial charge in [0.15, 0.2) is 0 Å². The maximum atomic E-state index is 9.65. The van der Waals surface area contributed by atoms with Crippen LogP contribution < -0.4 is 5.32 Å². The summed E-state index contributed by atoms with van der Waals surface area (Å²) in [5.74, 6) is 0.721. The highest BCUT2D eigenvalue weighted by molar-refractivity contribution is 4.92. The Hall–Kier alpha value is -0.120.